The summed E-state index contributed by atoms with van der Waals surface area (Å²) in [7, 11) is 0. The van der Waals surface area contributed by atoms with E-state index >= 15 is 0 Å². The highest BCUT2D eigenvalue weighted by Crippen LogP contribution is 2.22. The van der Waals surface area contributed by atoms with Crippen LogP contribution in [0.1, 0.15) is 10.5 Å². The maximum absolute atomic E-state index is 12.6. The molecule has 0 unspecified atom stereocenters. The van der Waals surface area contributed by atoms with Crippen molar-refractivity contribution in [3.8, 4) is 0 Å². The van der Waals surface area contributed by atoms with Crippen molar-refractivity contribution in [3.63, 3.8) is 0 Å². The summed E-state index contributed by atoms with van der Waals surface area (Å²) in [6, 6.07) is 2.54. The Kier molecular flexibility index (Phi) is 4.33. The van der Waals surface area contributed by atoms with Crippen LogP contribution in [0.4, 0.5) is 23.4 Å². The lowest BCUT2D eigenvalue weighted by Crippen LogP contribution is -2.41. The van der Waals surface area contributed by atoms with E-state index < -0.39 is 30.5 Å². The Morgan fingerprint density at radius 3 is 2.67 bits per heavy atom. The minimum atomic E-state index is -4.32. The van der Waals surface area contributed by atoms with Gasteiger partial charge in [-0.2, -0.15) is 8.78 Å². The van der Waals surface area contributed by atoms with Crippen molar-refractivity contribution in [2.24, 2.45) is 0 Å². The number of nitrogens with two attached hydrogens (primary N) is 1. The van der Waals surface area contributed by atoms with Crippen LogP contribution >= 0.6 is 11.6 Å². The Morgan fingerprint density at radius 1 is 1.50 bits per heavy atom. The highest BCUT2D eigenvalue weighted by atomic mass is 35.5. The van der Waals surface area contributed by atoms with Crippen LogP contribution in [0, 0.1) is 0 Å². The van der Waals surface area contributed by atoms with Crippen molar-refractivity contribution in [1.29, 1.82) is 0 Å². The smallest absolute Gasteiger partial charge is 0.324 e. The molecule has 0 aliphatic heterocycles. The quantitative estimate of drug-likeness (QED) is 0.831. The molecule has 0 fully saturated rings. The van der Waals surface area contributed by atoms with Crippen LogP contribution < -0.4 is 11.1 Å². The molecule has 0 spiro atoms. The van der Waals surface area contributed by atoms with Crippen LogP contribution in [-0.4, -0.2) is 29.8 Å². The van der Waals surface area contributed by atoms with Gasteiger partial charge in [-0.05, 0) is 12.1 Å². The lowest BCUT2D eigenvalue weighted by Gasteiger charge is -2.15. The topological polar surface area (TPSA) is 68.0 Å². The summed E-state index contributed by atoms with van der Waals surface area (Å²) in [6.45, 7) is -1.52. The van der Waals surface area contributed by atoms with Gasteiger partial charge in [0.1, 0.15) is 11.5 Å². The zero-order valence-corrected chi connectivity index (χ0v) is 9.52. The third-order valence-electron chi connectivity index (χ3n) is 1.89. The summed E-state index contributed by atoms with van der Waals surface area (Å²) in [6.07, 6.45) is -3.87. The number of carbonyl (C=O) groups excluding carboxylic acids is 1. The molecular formula is C9H8ClF4N3O. The van der Waals surface area contributed by atoms with Gasteiger partial charge in [-0.15, -0.1) is 0 Å². The number of pyridine rings is 1. The third kappa shape index (κ3) is 3.46. The lowest BCUT2D eigenvalue weighted by molar-refractivity contribution is -0.123. The molecule has 3 N–H and O–H groups in total. The number of halogens is 5. The molecule has 0 aliphatic carbocycles. The number of rotatable bonds is 4. The van der Waals surface area contributed by atoms with E-state index in [2.05, 4.69) is 4.98 Å². The molecule has 0 aromatic carbocycles. The number of alkyl halides is 4. The molecule has 18 heavy (non-hydrogen) atoms. The van der Waals surface area contributed by atoms with E-state index in [1.807, 2.05) is 0 Å². The number of hydrogen-bond donors (Lipinski definition) is 2. The number of amides is 1. The van der Waals surface area contributed by atoms with Gasteiger partial charge in [0.25, 0.3) is 5.91 Å². The summed E-state index contributed by atoms with van der Waals surface area (Å²) in [5.41, 5.74) is 4.88. The Hall–Kier alpha value is -1.57. The first-order valence-corrected chi connectivity index (χ1v) is 4.98. The zero-order valence-electron chi connectivity index (χ0n) is 8.76. The van der Waals surface area contributed by atoms with Crippen molar-refractivity contribution in [3.05, 3.63) is 22.8 Å². The first kappa shape index (κ1) is 14.5. The highest BCUT2D eigenvalue weighted by Gasteiger charge is 2.41. The molecule has 0 atom stereocenters. The molecular weight excluding hydrogens is 278 g/mol. The summed E-state index contributed by atoms with van der Waals surface area (Å²) < 4.78 is 48.8. The molecule has 0 saturated heterocycles. The van der Waals surface area contributed by atoms with E-state index in [4.69, 9.17) is 17.3 Å². The average Bonchev–Trinajstić information content (AvgIpc) is 2.29. The minimum Gasteiger partial charge on any atom is -0.384 e. The monoisotopic (exact) mass is 285 g/mol. The van der Waals surface area contributed by atoms with Crippen molar-refractivity contribution in [2.45, 2.75) is 12.3 Å². The van der Waals surface area contributed by atoms with E-state index in [1.54, 1.807) is 5.32 Å². The van der Waals surface area contributed by atoms with Gasteiger partial charge in [0, 0.05) is 0 Å². The molecule has 4 nitrogen and oxygen atoms in total. The van der Waals surface area contributed by atoms with Crippen LogP contribution in [0.2, 0.25) is 5.02 Å². The third-order valence-corrected chi connectivity index (χ3v) is 2.19. The molecule has 100 valence electrons. The number of nitrogens with one attached hydrogen (secondary N) is 1. The summed E-state index contributed by atoms with van der Waals surface area (Å²) in [4.78, 5) is 14.9. The van der Waals surface area contributed by atoms with Gasteiger partial charge in [0.15, 0.2) is 0 Å². The molecule has 1 heterocycles. The SMILES string of the molecule is Nc1ccc(Cl)c(C(=O)NCC(F)(F)C(F)F)n1. The summed E-state index contributed by atoms with van der Waals surface area (Å²) in [5, 5.41) is 1.49. The number of nitrogen functional groups attached to an aromatic ring is 1. The Morgan fingerprint density at radius 2 is 2.11 bits per heavy atom. The largest absolute Gasteiger partial charge is 0.384 e. The lowest BCUT2D eigenvalue weighted by atomic mass is 10.3. The Bertz CT molecular complexity index is 455. The second-order valence-corrected chi connectivity index (χ2v) is 3.72. The van der Waals surface area contributed by atoms with Crippen LogP contribution in [0.25, 0.3) is 0 Å². The van der Waals surface area contributed by atoms with Gasteiger partial charge < -0.3 is 11.1 Å². The zero-order chi connectivity index (χ0) is 13.9. The van der Waals surface area contributed by atoms with Crippen LogP contribution in [-0.2, 0) is 0 Å². The highest BCUT2D eigenvalue weighted by molar-refractivity contribution is 6.33. The summed E-state index contributed by atoms with van der Waals surface area (Å²) in [5.74, 6) is -5.47. The normalized spacial score (nSPS) is 11.7. The molecule has 1 rings (SSSR count). The minimum absolute atomic E-state index is 0.0508. The van der Waals surface area contributed by atoms with Gasteiger partial charge in [0.05, 0.1) is 11.6 Å². The fourth-order valence-corrected chi connectivity index (χ4v) is 1.17. The van der Waals surface area contributed by atoms with E-state index in [1.165, 1.54) is 12.1 Å². The maximum Gasteiger partial charge on any atom is 0.324 e. The molecule has 1 aromatic heterocycles. The second-order valence-electron chi connectivity index (χ2n) is 3.31. The average molecular weight is 286 g/mol. The first-order valence-electron chi connectivity index (χ1n) is 4.60. The molecule has 9 heteroatoms. The number of hydrogen-bond acceptors (Lipinski definition) is 3. The van der Waals surface area contributed by atoms with Gasteiger partial charge >= 0.3 is 12.3 Å². The molecule has 1 aromatic rings. The molecule has 1 amide bonds. The van der Waals surface area contributed by atoms with Crippen molar-refractivity contribution in [1.82, 2.24) is 10.3 Å². The standard InChI is InChI=1S/C9H8ClF4N3O/c10-4-1-2-5(15)17-6(4)7(18)16-3-9(13,14)8(11)12/h1-2,8H,3H2,(H2,15,17)(H,16,18). The molecule has 0 aliphatic rings. The van der Waals surface area contributed by atoms with E-state index in [9.17, 15) is 22.4 Å². The number of aromatic nitrogens is 1. The summed E-state index contributed by atoms with van der Waals surface area (Å²) >= 11 is 5.59. The first-order chi connectivity index (χ1) is 8.24. The van der Waals surface area contributed by atoms with E-state index in [0.29, 0.717) is 0 Å². The van der Waals surface area contributed by atoms with Crippen molar-refractivity contribution < 1.29 is 22.4 Å². The van der Waals surface area contributed by atoms with Gasteiger partial charge in [-0.25, -0.2) is 13.8 Å². The van der Waals surface area contributed by atoms with Crippen LogP contribution in [0.15, 0.2) is 12.1 Å². The predicted molar refractivity (Wildman–Crippen MR) is 56.9 cm³/mol. The van der Waals surface area contributed by atoms with Crippen molar-refractivity contribution in [2.75, 3.05) is 12.3 Å². The number of carbonyl (C=O) groups is 1. The predicted octanol–water partition coefficient (Wildman–Crippen LogP) is 1.95. The Labute approximate surface area is 104 Å². The molecule has 0 saturated carbocycles. The Balaban J connectivity index is 2.75. The number of nitrogens with zero attached hydrogens (tertiary/aromatic N) is 1. The molecule has 0 radical (unpaired) electrons. The van der Waals surface area contributed by atoms with Gasteiger partial charge in [-0.3, -0.25) is 4.79 Å². The van der Waals surface area contributed by atoms with Gasteiger partial charge in [0.2, 0.25) is 0 Å². The maximum atomic E-state index is 12.6. The second kappa shape index (κ2) is 5.38. The van der Waals surface area contributed by atoms with E-state index in [-0.39, 0.29) is 10.8 Å². The molecule has 0 bridgehead atoms. The van der Waals surface area contributed by atoms with Crippen molar-refractivity contribution >= 4 is 23.3 Å². The fourth-order valence-electron chi connectivity index (χ4n) is 0.975. The van der Waals surface area contributed by atoms with Gasteiger partial charge in [-0.1, -0.05) is 11.6 Å². The van der Waals surface area contributed by atoms with Crippen LogP contribution in [0.3, 0.4) is 0 Å². The van der Waals surface area contributed by atoms with Crippen LogP contribution in [0.5, 0.6) is 0 Å². The number of anilines is 1. The fraction of sp³-hybridized carbons (Fsp3) is 0.333. The van der Waals surface area contributed by atoms with E-state index in [0.717, 1.165) is 0 Å².